The molecule has 2 rings (SSSR count). The zero-order valence-corrected chi connectivity index (χ0v) is 12.4. The Hall–Kier alpha value is -1.02. The van der Waals surface area contributed by atoms with Crippen molar-refractivity contribution in [3.8, 4) is 0 Å². The SMILES string of the molecule is Cc1cccc(C)c1N1CC(C)CNCC1(C)C. The third kappa shape index (κ3) is 2.54. The number of benzene rings is 1. The van der Waals surface area contributed by atoms with Crippen LogP contribution in [-0.4, -0.2) is 25.2 Å². The summed E-state index contributed by atoms with van der Waals surface area (Å²) in [5.74, 6) is 0.686. The van der Waals surface area contributed by atoms with Gasteiger partial charge in [0, 0.05) is 24.3 Å². The van der Waals surface area contributed by atoms with Crippen molar-refractivity contribution in [3.63, 3.8) is 0 Å². The first kappa shape index (κ1) is 13.4. The van der Waals surface area contributed by atoms with Crippen LogP contribution in [0.5, 0.6) is 0 Å². The lowest BCUT2D eigenvalue weighted by Crippen LogP contribution is -2.49. The Bertz CT molecular complexity index is 403. The van der Waals surface area contributed by atoms with Crippen LogP contribution in [-0.2, 0) is 0 Å². The maximum absolute atomic E-state index is 3.58. The molecule has 100 valence electrons. The highest BCUT2D eigenvalue weighted by molar-refractivity contribution is 5.60. The van der Waals surface area contributed by atoms with E-state index in [0.29, 0.717) is 5.92 Å². The van der Waals surface area contributed by atoms with Crippen LogP contribution in [0, 0.1) is 19.8 Å². The molecule has 0 radical (unpaired) electrons. The zero-order valence-electron chi connectivity index (χ0n) is 12.4. The standard InChI is InChI=1S/C16H26N2/c1-12-9-17-11-16(4,5)18(10-12)15-13(2)7-6-8-14(15)3/h6-8,12,17H,9-11H2,1-5H3. The van der Waals surface area contributed by atoms with E-state index < -0.39 is 0 Å². The van der Waals surface area contributed by atoms with Crippen molar-refractivity contribution >= 4 is 5.69 Å². The molecule has 0 aromatic heterocycles. The van der Waals surface area contributed by atoms with Gasteiger partial charge in [-0.2, -0.15) is 0 Å². The minimum Gasteiger partial charge on any atom is -0.364 e. The smallest absolute Gasteiger partial charge is 0.0470 e. The average Bonchev–Trinajstić information content (AvgIpc) is 2.38. The molecule has 1 aliphatic rings. The van der Waals surface area contributed by atoms with E-state index in [-0.39, 0.29) is 5.54 Å². The van der Waals surface area contributed by atoms with Crippen LogP contribution in [0.15, 0.2) is 18.2 Å². The molecule has 0 amide bonds. The number of anilines is 1. The number of nitrogens with one attached hydrogen (secondary N) is 1. The number of rotatable bonds is 1. The molecule has 1 aliphatic heterocycles. The van der Waals surface area contributed by atoms with Crippen LogP contribution in [0.4, 0.5) is 5.69 Å². The van der Waals surface area contributed by atoms with Crippen LogP contribution in [0.1, 0.15) is 31.9 Å². The predicted octanol–water partition coefficient (Wildman–Crippen LogP) is 3.13. The number of hydrogen-bond donors (Lipinski definition) is 1. The van der Waals surface area contributed by atoms with Crippen LogP contribution < -0.4 is 10.2 Å². The van der Waals surface area contributed by atoms with Gasteiger partial charge in [-0.1, -0.05) is 25.1 Å². The van der Waals surface area contributed by atoms with Crippen LogP contribution in [0.25, 0.3) is 0 Å². The van der Waals surface area contributed by atoms with Gasteiger partial charge in [-0.15, -0.1) is 0 Å². The Morgan fingerprint density at radius 1 is 1.22 bits per heavy atom. The number of para-hydroxylation sites is 1. The van der Waals surface area contributed by atoms with E-state index in [1.807, 2.05) is 0 Å². The first-order chi connectivity index (χ1) is 8.42. The molecule has 1 saturated heterocycles. The molecule has 2 nitrogen and oxygen atoms in total. The fourth-order valence-electron chi connectivity index (χ4n) is 2.97. The van der Waals surface area contributed by atoms with Gasteiger partial charge in [0.15, 0.2) is 0 Å². The van der Waals surface area contributed by atoms with Crippen LogP contribution >= 0.6 is 0 Å². The largest absolute Gasteiger partial charge is 0.364 e. The van der Waals surface area contributed by atoms with Crippen molar-refractivity contribution in [2.75, 3.05) is 24.5 Å². The van der Waals surface area contributed by atoms with Gasteiger partial charge in [-0.05, 0) is 51.3 Å². The van der Waals surface area contributed by atoms with Crippen LogP contribution in [0.3, 0.4) is 0 Å². The number of hydrogen-bond acceptors (Lipinski definition) is 2. The monoisotopic (exact) mass is 246 g/mol. The van der Waals surface area contributed by atoms with Crippen molar-refractivity contribution in [3.05, 3.63) is 29.3 Å². The van der Waals surface area contributed by atoms with Gasteiger partial charge in [-0.25, -0.2) is 0 Å². The maximum atomic E-state index is 3.58. The summed E-state index contributed by atoms with van der Waals surface area (Å²) in [7, 11) is 0. The van der Waals surface area contributed by atoms with Crippen LogP contribution in [0.2, 0.25) is 0 Å². The zero-order chi connectivity index (χ0) is 13.3. The molecular weight excluding hydrogens is 220 g/mol. The van der Waals surface area contributed by atoms with E-state index in [4.69, 9.17) is 0 Å². The van der Waals surface area contributed by atoms with Crippen molar-refractivity contribution in [2.45, 2.75) is 40.2 Å². The molecule has 1 atom stereocenters. The van der Waals surface area contributed by atoms with E-state index >= 15 is 0 Å². The topological polar surface area (TPSA) is 15.3 Å². The second-order valence-electron chi connectivity index (χ2n) is 6.40. The summed E-state index contributed by atoms with van der Waals surface area (Å²) >= 11 is 0. The molecule has 0 aliphatic carbocycles. The number of nitrogens with zero attached hydrogens (tertiary/aromatic N) is 1. The third-order valence-electron chi connectivity index (χ3n) is 3.98. The lowest BCUT2D eigenvalue weighted by atomic mass is 9.97. The minimum atomic E-state index is 0.168. The summed E-state index contributed by atoms with van der Waals surface area (Å²) < 4.78 is 0. The second-order valence-corrected chi connectivity index (χ2v) is 6.40. The molecule has 18 heavy (non-hydrogen) atoms. The number of aryl methyl sites for hydroxylation is 2. The van der Waals surface area contributed by atoms with Gasteiger partial charge in [0.1, 0.15) is 0 Å². The van der Waals surface area contributed by atoms with Crippen molar-refractivity contribution in [1.82, 2.24) is 5.32 Å². The Morgan fingerprint density at radius 2 is 1.83 bits per heavy atom. The summed E-state index contributed by atoms with van der Waals surface area (Å²) in [6.45, 7) is 14.7. The van der Waals surface area contributed by atoms with Gasteiger partial charge >= 0.3 is 0 Å². The highest BCUT2D eigenvalue weighted by atomic mass is 15.2. The van der Waals surface area contributed by atoms with E-state index in [1.54, 1.807) is 0 Å². The maximum Gasteiger partial charge on any atom is 0.0470 e. The first-order valence-electron chi connectivity index (χ1n) is 6.96. The van der Waals surface area contributed by atoms with Gasteiger partial charge in [-0.3, -0.25) is 0 Å². The highest BCUT2D eigenvalue weighted by Gasteiger charge is 2.32. The third-order valence-corrected chi connectivity index (χ3v) is 3.98. The lowest BCUT2D eigenvalue weighted by Gasteiger charge is -2.41. The molecular formula is C16H26N2. The Labute approximate surface area is 111 Å². The molecule has 1 fully saturated rings. The van der Waals surface area contributed by atoms with Crippen molar-refractivity contribution in [1.29, 1.82) is 0 Å². The molecule has 1 N–H and O–H groups in total. The summed E-state index contributed by atoms with van der Waals surface area (Å²) in [6, 6.07) is 6.60. The van der Waals surface area contributed by atoms with E-state index in [2.05, 4.69) is 63.0 Å². The average molecular weight is 246 g/mol. The molecule has 1 aromatic carbocycles. The second kappa shape index (κ2) is 4.93. The fraction of sp³-hybridized carbons (Fsp3) is 0.625. The summed E-state index contributed by atoms with van der Waals surface area (Å²) in [6.07, 6.45) is 0. The molecule has 1 aromatic rings. The molecule has 2 heteroatoms. The van der Waals surface area contributed by atoms with Gasteiger partial charge in [0.05, 0.1) is 0 Å². The predicted molar refractivity (Wildman–Crippen MR) is 79.4 cm³/mol. The Kier molecular flexibility index (Phi) is 3.67. The quantitative estimate of drug-likeness (QED) is 0.819. The lowest BCUT2D eigenvalue weighted by molar-refractivity contribution is 0.459. The summed E-state index contributed by atoms with van der Waals surface area (Å²) in [5.41, 5.74) is 4.37. The van der Waals surface area contributed by atoms with E-state index in [0.717, 1.165) is 19.6 Å². The van der Waals surface area contributed by atoms with E-state index in [9.17, 15) is 0 Å². The van der Waals surface area contributed by atoms with E-state index in [1.165, 1.54) is 16.8 Å². The molecule has 1 unspecified atom stereocenters. The summed E-state index contributed by atoms with van der Waals surface area (Å²) in [4.78, 5) is 2.60. The van der Waals surface area contributed by atoms with Gasteiger partial charge < -0.3 is 10.2 Å². The summed E-state index contributed by atoms with van der Waals surface area (Å²) in [5, 5.41) is 3.58. The normalized spacial score (nSPS) is 23.8. The molecule has 0 bridgehead atoms. The highest BCUT2D eigenvalue weighted by Crippen LogP contribution is 2.32. The van der Waals surface area contributed by atoms with Crippen molar-refractivity contribution in [2.24, 2.45) is 5.92 Å². The Balaban J connectivity index is 2.45. The molecule has 0 saturated carbocycles. The fourth-order valence-corrected chi connectivity index (χ4v) is 2.97. The first-order valence-corrected chi connectivity index (χ1v) is 6.96. The van der Waals surface area contributed by atoms with Gasteiger partial charge in [0.25, 0.3) is 0 Å². The minimum absolute atomic E-state index is 0.168. The molecule has 0 spiro atoms. The van der Waals surface area contributed by atoms with Crippen molar-refractivity contribution < 1.29 is 0 Å². The molecule has 1 heterocycles. The Morgan fingerprint density at radius 3 is 2.44 bits per heavy atom. The van der Waals surface area contributed by atoms with Gasteiger partial charge in [0.2, 0.25) is 0 Å².